The van der Waals surface area contributed by atoms with E-state index in [2.05, 4.69) is 10.6 Å². The molecule has 0 aliphatic carbocycles. The van der Waals surface area contributed by atoms with E-state index in [1.807, 2.05) is 18.2 Å². The standard InChI is InChI=1S/C24H28N2O6/c1-2-31-24(29)32-21-8-6-19(7-9-21)23(28)26-20-5-3-4-18(14-20)16-25-22(27)15-17-10-12-30-13-11-17/h3-9,14,17H,2,10-13,15-16H2,1H3,(H,25,27)(H,26,28). The fourth-order valence-corrected chi connectivity index (χ4v) is 3.37. The van der Waals surface area contributed by atoms with Crippen LogP contribution in [-0.4, -0.2) is 37.8 Å². The predicted octanol–water partition coefficient (Wildman–Crippen LogP) is 3.91. The van der Waals surface area contributed by atoms with Crippen LogP contribution in [0.15, 0.2) is 48.5 Å². The Morgan fingerprint density at radius 2 is 1.81 bits per heavy atom. The van der Waals surface area contributed by atoms with Crippen LogP contribution in [0.4, 0.5) is 10.5 Å². The number of nitrogens with one attached hydrogen (secondary N) is 2. The van der Waals surface area contributed by atoms with Gasteiger partial charge < -0.3 is 24.8 Å². The average Bonchev–Trinajstić information content (AvgIpc) is 2.79. The van der Waals surface area contributed by atoms with E-state index < -0.39 is 6.16 Å². The smallest absolute Gasteiger partial charge is 0.434 e. The summed E-state index contributed by atoms with van der Waals surface area (Å²) in [4.78, 5) is 36.1. The lowest BCUT2D eigenvalue weighted by molar-refractivity contribution is -0.122. The Morgan fingerprint density at radius 1 is 1.06 bits per heavy atom. The van der Waals surface area contributed by atoms with Gasteiger partial charge >= 0.3 is 6.16 Å². The third-order valence-electron chi connectivity index (χ3n) is 5.07. The van der Waals surface area contributed by atoms with Crippen LogP contribution in [0, 0.1) is 5.92 Å². The molecule has 32 heavy (non-hydrogen) atoms. The highest BCUT2D eigenvalue weighted by Gasteiger charge is 2.17. The van der Waals surface area contributed by atoms with Crippen molar-refractivity contribution in [3.05, 3.63) is 59.7 Å². The maximum atomic E-state index is 12.5. The fourth-order valence-electron chi connectivity index (χ4n) is 3.37. The van der Waals surface area contributed by atoms with Crippen LogP contribution < -0.4 is 15.4 Å². The van der Waals surface area contributed by atoms with Crippen LogP contribution in [0.3, 0.4) is 0 Å². The Morgan fingerprint density at radius 3 is 2.53 bits per heavy atom. The van der Waals surface area contributed by atoms with E-state index in [1.165, 1.54) is 12.1 Å². The summed E-state index contributed by atoms with van der Waals surface area (Å²) in [5.74, 6) is 0.395. The third-order valence-corrected chi connectivity index (χ3v) is 5.07. The minimum absolute atomic E-state index is 0.0245. The average molecular weight is 440 g/mol. The molecule has 1 aliphatic heterocycles. The second kappa shape index (κ2) is 11.9. The number of anilines is 1. The Balaban J connectivity index is 1.49. The summed E-state index contributed by atoms with van der Waals surface area (Å²) in [6.07, 6.45) is 1.56. The van der Waals surface area contributed by atoms with E-state index in [1.54, 1.807) is 25.1 Å². The lowest BCUT2D eigenvalue weighted by Gasteiger charge is -2.21. The summed E-state index contributed by atoms with van der Waals surface area (Å²) in [5, 5.41) is 5.78. The van der Waals surface area contributed by atoms with Gasteiger partial charge in [0.15, 0.2) is 0 Å². The molecule has 2 N–H and O–H groups in total. The minimum Gasteiger partial charge on any atom is -0.434 e. The van der Waals surface area contributed by atoms with Crippen LogP contribution in [0.1, 0.15) is 42.1 Å². The topological polar surface area (TPSA) is 103 Å². The van der Waals surface area contributed by atoms with Gasteiger partial charge in [-0.25, -0.2) is 4.79 Å². The predicted molar refractivity (Wildman–Crippen MR) is 118 cm³/mol. The summed E-state index contributed by atoms with van der Waals surface area (Å²) < 4.78 is 15.0. The van der Waals surface area contributed by atoms with Crippen molar-refractivity contribution in [3.63, 3.8) is 0 Å². The maximum Gasteiger partial charge on any atom is 0.513 e. The Hall–Kier alpha value is -3.39. The van der Waals surface area contributed by atoms with Crippen LogP contribution in [-0.2, 0) is 20.8 Å². The molecule has 8 heteroatoms. The van der Waals surface area contributed by atoms with E-state index >= 15 is 0 Å². The normalized spacial score (nSPS) is 13.8. The van der Waals surface area contributed by atoms with Gasteiger partial charge in [-0.3, -0.25) is 9.59 Å². The molecule has 0 unspecified atom stereocenters. The van der Waals surface area contributed by atoms with Gasteiger partial charge in [-0.2, -0.15) is 0 Å². The molecule has 1 heterocycles. The number of carbonyl (C=O) groups is 3. The summed E-state index contributed by atoms with van der Waals surface area (Å²) >= 11 is 0. The van der Waals surface area contributed by atoms with Gasteiger partial charge in [0.2, 0.25) is 5.91 Å². The molecule has 170 valence electrons. The number of benzene rings is 2. The van der Waals surface area contributed by atoms with Crippen molar-refractivity contribution < 1.29 is 28.6 Å². The van der Waals surface area contributed by atoms with Crippen molar-refractivity contribution in [2.24, 2.45) is 5.92 Å². The quantitative estimate of drug-likeness (QED) is 0.477. The molecule has 2 aromatic carbocycles. The lowest BCUT2D eigenvalue weighted by Crippen LogP contribution is -2.27. The molecule has 0 aromatic heterocycles. The molecule has 8 nitrogen and oxygen atoms in total. The zero-order valence-corrected chi connectivity index (χ0v) is 18.1. The molecule has 0 saturated carbocycles. The first-order chi connectivity index (χ1) is 15.5. The van der Waals surface area contributed by atoms with Gasteiger partial charge in [0.25, 0.3) is 5.91 Å². The molecule has 1 fully saturated rings. The van der Waals surface area contributed by atoms with E-state index in [4.69, 9.17) is 14.2 Å². The summed E-state index contributed by atoms with van der Waals surface area (Å²) in [6.45, 7) is 3.75. The third kappa shape index (κ3) is 7.39. The van der Waals surface area contributed by atoms with Crippen molar-refractivity contribution in [2.45, 2.75) is 32.7 Å². The van der Waals surface area contributed by atoms with Crippen molar-refractivity contribution >= 4 is 23.7 Å². The van der Waals surface area contributed by atoms with Gasteiger partial charge in [-0.15, -0.1) is 0 Å². The molecule has 0 bridgehead atoms. The summed E-state index contributed by atoms with van der Waals surface area (Å²) in [6, 6.07) is 13.5. The number of hydrogen-bond donors (Lipinski definition) is 2. The SMILES string of the molecule is CCOC(=O)Oc1ccc(C(=O)Nc2cccc(CNC(=O)CC3CCOCC3)c2)cc1. The minimum atomic E-state index is -0.790. The number of rotatable bonds is 8. The molecule has 0 atom stereocenters. The molecule has 2 aromatic rings. The van der Waals surface area contributed by atoms with Crippen LogP contribution in [0.5, 0.6) is 5.75 Å². The first-order valence-corrected chi connectivity index (χ1v) is 10.7. The van der Waals surface area contributed by atoms with Crippen LogP contribution in [0.2, 0.25) is 0 Å². The highest BCUT2D eigenvalue weighted by molar-refractivity contribution is 6.04. The van der Waals surface area contributed by atoms with E-state index in [0.717, 1.165) is 31.6 Å². The van der Waals surface area contributed by atoms with E-state index in [-0.39, 0.29) is 18.4 Å². The first-order valence-electron chi connectivity index (χ1n) is 10.7. The van der Waals surface area contributed by atoms with Crippen LogP contribution >= 0.6 is 0 Å². The highest BCUT2D eigenvalue weighted by atomic mass is 16.7. The molecule has 2 amide bonds. The van der Waals surface area contributed by atoms with Crippen molar-refractivity contribution in [2.75, 3.05) is 25.1 Å². The second-order valence-corrected chi connectivity index (χ2v) is 7.50. The molecule has 0 radical (unpaired) electrons. The Labute approximate surface area is 187 Å². The molecule has 1 saturated heterocycles. The van der Waals surface area contributed by atoms with Gasteiger partial charge in [0.1, 0.15) is 5.75 Å². The number of carbonyl (C=O) groups excluding carboxylic acids is 3. The molecule has 0 spiro atoms. The molecule has 3 rings (SSSR count). The van der Waals surface area contributed by atoms with Crippen molar-refractivity contribution in [3.8, 4) is 5.75 Å². The van der Waals surface area contributed by atoms with Gasteiger partial charge in [-0.1, -0.05) is 12.1 Å². The lowest BCUT2D eigenvalue weighted by atomic mass is 9.96. The Kier molecular flexibility index (Phi) is 8.62. The van der Waals surface area contributed by atoms with Crippen molar-refractivity contribution in [1.29, 1.82) is 0 Å². The highest BCUT2D eigenvalue weighted by Crippen LogP contribution is 2.19. The first kappa shape index (κ1) is 23.3. The van der Waals surface area contributed by atoms with Crippen molar-refractivity contribution in [1.82, 2.24) is 5.32 Å². The zero-order chi connectivity index (χ0) is 22.8. The van der Waals surface area contributed by atoms with Crippen LogP contribution in [0.25, 0.3) is 0 Å². The maximum absolute atomic E-state index is 12.5. The molecular formula is C24H28N2O6. The monoisotopic (exact) mass is 440 g/mol. The number of hydrogen-bond acceptors (Lipinski definition) is 6. The largest absolute Gasteiger partial charge is 0.513 e. The zero-order valence-electron chi connectivity index (χ0n) is 18.1. The van der Waals surface area contributed by atoms with E-state index in [9.17, 15) is 14.4 Å². The number of ether oxygens (including phenoxy) is 3. The van der Waals surface area contributed by atoms with Gasteiger partial charge in [-0.05, 0) is 67.6 Å². The fraction of sp³-hybridized carbons (Fsp3) is 0.375. The molecular weight excluding hydrogens is 412 g/mol. The summed E-state index contributed by atoms with van der Waals surface area (Å²) in [7, 11) is 0. The second-order valence-electron chi connectivity index (χ2n) is 7.50. The summed E-state index contributed by atoms with van der Waals surface area (Å²) in [5.41, 5.74) is 1.93. The Bertz CT molecular complexity index is 922. The van der Waals surface area contributed by atoms with Gasteiger partial charge in [0, 0.05) is 37.4 Å². The van der Waals surface area contributed by atoms with Gasteiger partial charge in [0.05, 0.1) is 6.61 Å². The molecule has 1 aliphatic rings. The number of amides is 2. The van der Waals surface area contributed by atoms with E-state index in [0.29, 0.717) is 35.9 Å².